The van der Waals surface area contributed by atoms with Gasteiger partial charge in [0, 0.05) is 5.38 Å². The summed E-state index contributed by atoms with van der Waals surface area (Å²) in [5.41, 5.74) is 5.85. The minimum atomic E-state index is -1.29. The second kappa shape index (κ2) is 5.42. The smallest absolute Gasteiger partial charge is 0.328 e. The largest absolute Gasteiger partial charge is 0.480 e. The lowest BCUT2D eigenvalue weighted by molar-refractivity contribution is -0.142. The van der Waals surface area contributed by atoms with Gasteiger partial charge in [0.1, 0.15) is 6.04 Å². The second-order valence-electron chi connectivity index (χ2n) is 2.99. The molecule has 1 rings (SSSR count). The molecule has 0 fully saturated rings. The maximum atomic E-state index is 11.3. The summed E-state index contributed by atoms with van der Waals surface area (Å²) in [6.45, 7) is -0.653. The monoisotopic (exact) mass is 245 g/mol. The maximum Gasteiger partial charge on any atom is 0.328 e. The van der Waals surface area contributed by atoms with Gasteiger partial charge >= 0.3 is 5.97 Å². The molecule has 0 aliphatic rings. The molecule has 0 aromatic carbocycles. The number of nitrogen functional groups attached to an aromatic ring is 1. The minimum Gasteiger partial charge on any atom is -0.480 e. The highest BCUT2D eigenvalue weighted by molar-refractivity contribution is 7.13. The fourth-order valence-corrected chi connectivity index (χ4v) is 1.56. The van der Waals surface area contributed by atoms with Crippen molar-refractivity contribution >= 4 is 28.3 Å². The van der Waals surface area contributed by atoms with Gasteiger partial charge in [0.15, 0.2) is 5.13 Å². The number of hydrogen-bond acceptors (Lipinski definition) is 6. The molecule has 16 heavy (non-hydrogen) atoms. The molecule has 0 aliphatic heterocycles. The number of carbonyl (C=O) groups is 2. The Balaban J connectivity index is 2.50. The van der Waals surface area contributed by atoms with E-state index in [0.717, 1.165) is 0 Å². The van der Waals surface area contributed by atoms with Gasteiger partial charge in [-0.25, -0.2) is 9.78 Å². The van der Waals surface area contributed by atoms with E-state index in [1.807, 2.05) is 0 Å². The molecular formula is C8H11N3O4S. The lowest BCUT2D eigenvalue weighted by atomic mass is 10.2. The number of aromatic nitrogens is 1. The van der Waals surface area contributed by atoms with E-state index >= 15 is 0 Å². The summed E-state index contributed by atoms with van der Waals surface area (Å²) in [6.07, 6.45) is -0.0581. The zero-order valence-electron chi connectivity index (χ0n) is 8.21. The Labute approximate surface area is 94.9 Å². The third-order valence-electron chi connectivity index (χ3n) is 1.73. The van der Waals surface area contributed by atoms with Crippen molar-refractivity contribution in [3.8, 4) is 0 Å². The van der Waals surface area contributed by atoms with Crippen LogP contribution in [0, 0.1) is 0 Å². The average molecular weight is 245 g/mol. The number of nitrogens with two attached hydrogens (primary N) is 1. The zero-order valence-corrected chi connectivity index (χ0v) is 9.03. The third kappa shape index (κ3) is 3.48. The molecule has 0 saturated carbocycles. The van der Waals surface area contributed by atoms with Crippen LogP contribution in [0.2, 0.25) is 0 Å². The van der Waals surface area contributed by atoms with E-state index in [0.29, 0.717) is 10.8 Å². The van der Waals surface area contributed by atoms with Gasteiger partial charge in [0.2, 0.25) is 5.91 Å². The first kappa shape index (κ1) is 12.4. The quantitative estimate of drug-likeness (QED) is 0.518. The summed E-state index contributed by atoms with van der Waals surface area (Å²) in [6, 6.07) is -1.29. The topological polar surface area (TPSA) is 126 Å². The number of aliphatic hydroxyl groups is 1. The van der Waals surface area contributed by atoms with E-state index in [9.17, 15) is 9.59 Å². The molecule has 0 saturated heterocycles. The number of nitrogens with zero attached hydrogens (tertiary/aromatic N) is 1. The number of carbonyl (C=O) groups excluding carboxylic acids is 1. The van der Waals surface area contributed by atoms with Crippen LogP contribution >= 0.6 is 11.3 Å². The zero-order chi connectivity index (χ0) is 12.1. The SMILES string of the molecule is Nc1nc(CC(=O)N[C@@H](CO)C(=O)O)cs1. The van der Waals surface area contributed by atoms with Gasteiger partial charge in [-0.3, -0.25) is 4.79 Å². The van der Waals surface area contributed by atoms with Gasteiger partial charge in [-0.05, 0) is 0 Å². The Morgan fingerprint density at radius 2 is 2.31 bits per heavy atom. The van der Waals surface area contributed by atoms with Crippen LogP contribution in [0.3, 0.4) is 0 Å². The van der Waals surface area contributed by atoms with Crippen molar-refractivity contribution in [2.45, 2.75) is 12.5 Å². The molecule has 0 radical (unpaired) electrons. The predicted octanol–water partition coefficient (Wildman–Crippen LogP) is -1.17. The molecule has 8 heteroatoms. The number of rotatable bonds is 5. The van der Waals surface area contributed by atoms with Crippen molar-refractivity contribution in [2.75, 3.05) is 12.3 Å². The second-order valence-corrected chi connectivity index (χ2v) is 3.88. The van der Waals surface area contributed by atoms with Gasteiger partial charge in [0.25, 0.3) is 0 Å². The predicted molar refractivity (Wildman–Crippen MR) is 56.9 cm³/mol. The van der Waals surface area contributed by atoms with Gasteiger partial charge in [-0.1, -0.05) is 0 Å². The number of hydrogen-bond donors (Lipinski definition) is 4. The number of thiazole rings is 1. The molecule has 88 valence electrons. The van der Waals surface area contributed by atoms with Gasteiger partial charge in [-0.15, -0.1) is 11.3 Å². The molecule has 0 unspecified atom stereocenters. The van der Waals surface area contributed by atoms with Crippen LogP contribution < -0.4 is 11.1 Å². The van der Waals surface area contributed by atoms with Crippen molar-refractivity contribution < 1.29 is 19.8 Å². The van der Waals surface area contributed by atoms with Crippen LogP contribution in [0.1, 0.15) is 5.69 Å². The highest BCUT2D eigenvalue weighted by atomic mass is 32.1. The Bertz CT molecular complexity index is 392. The number of anilines is 1. The van der Waals surface area contributed by atoms with Crippen LogP contribution in [-0.2, 0) is 16.0 Å². The van der Waals surface area contributed by atoms with E-state index in [1.165, 1.54) is 11.3 Å². The molecule has 5 N–H and O–H groups in total. The summed E-state index contributed by atoms with van der Waals surface area (Å²) < 4.78 is 0. The highest BCUT2D eigenvalue weighted by Gasteiger charge is 2.19. The van der Waals surface area contributed by atoms with E-state index < -0.39 is 24.5 Å². The lowest BCUT2D eigenvalue weighted by Gasteiger charge is -2.10. The van der Waals surface area contributed by atoms with Crippen molar-refractivity contribution in [3.05, 3.63) is 11.1 Å². The maximum absolute atomic E-state index is 11.3. The number of aliphatic carboxylic acids is 1. The van der Waals surface area contributed by atoms with Crippen LogP contribution in [0.5, 0.6) is 0 Å². The summed E-state index contributed by atoms with van der Waals surface area (Å²) in [7, 11) is 0. The van der Waals surface area contributed by atoms with E-state index in [-0.39, 0.29) is 6.42 Å². The van der Waals surface area contributed by atoms with Crippen LogP contribution in [0.4, 0.5) is 5.13 Å². The van der Waals surface area contributed by atoms with E-state index in [1.54, 1.807) is 5.38 Å². The molecule has 1 aromatic heterocycles. The highest BCUT2D eigenvalue weighted by Crippen LogP contribution is 2.11. The van der Waals surface area contributed by atoms with E-state index in [4.69, 9.17) is 15.9 Å². The average Bonchev–Trinajstić information content (AvgIpc) is 2.60. The minimum absolute atomic E-state index is 0.0581. The molecule has 1 aromatic rings. The first-order valence-corrected chi connectivity index (χ1v) is 5.23. The fraction of sp³-hybridized carbons (Fsp3) is 0.375. The van der Waals surface area contributed by atoms with Gasteiger partial charge < -0.3 is 21.3 Å². The van der Waals surface area contributed by atoms with Crippen LogP contribution in [-0.4, -0.2) is 39.7 Å². The van der Waals surface area contributed by atoms with Crippen LogP contribution in [0.15, 0.2) is 5.38 Å². The summed E-state index contributed by atoms with van der Waals surface area (Å²) in [5, 5.41) is 21.4. The third-order valence-corrected chi connectivity index (χ3v) is 2.45. The number of aliphatic hydroxyl groups excluding tert-OH is 1. The Kier molecular flexibility index (Phi) is 4.20. The Morgan fingerprint density at radius 3 is 2.75 bits per heavy atom. The van der Waals surface area contributed by atoms with Gasteiger partial charge in [0.05, 0.1) is 18.7 Å². The van der Waals surface area contributed by atoms with Crippen LogP contribution in [0.25, 0.3) is 0 Å². The summed E-state index contributed by atoms with van der Waals surface area (Å²) in [4.78, 5) is 25.7. The molecule has 0 aliphatic carbocycles. The normalized spacial score (nSPS) is 12.1. The number of carboxylic acids is 1. The summed E-state index contributed by atoms with van der Waals surface area (Å²) >= 11 is 1.20. The molecule has 0 spiro atoms. The first-order chi connectivity index (χ1) is 7.52. The standard InChI is InChI=1S/C8H11N3O4S/c9-8-10-4(3-16-8)1-6(13)11-5(2-12)7(14)15/h3,5,12H,1-2H2,(H2,9,10)(H,11,13)(H,14,15)/t5-/m0/s1. The number of nitrogens with one attached hydrogen (secondary N) is 1. The molecular weight excluding hydrogens is 234 g/mol. The van der Waals surface area contributed by atoms with E-state index in [2.05, 4.69) is 10.3 Å². The molecule has 0 bridgehead atoms. The van der Waals surface area contributed by atoms with Crippen molar-refractivity contribution in [2.24, 2.45) is 0 Å². The summed E-state index contributed by atoms with van der Waals surface area (Å²) in [5.74, 6) is -1.81. The molecule has 7 nitrogen and oxygen atoms in total. The molecule has 1 atom stereocenters. The van der Waals surface area contributed by atoms with Crippen molar-refractivity contribution in [1.82, 2.24) is 10.3 Å². The number of carboxylic acid groups (broad SMARTS) is 1. The van der Waals surface area contributed by atoms with Gasteiger partial charge in [-0.2, -0.15) is 0 Å². The first-order valence-electron chi connectivity index (χ1n) is 4.36. The number of amides is 1. The molecule has 1 amide bonds. The fourth-order valence-electron chi connectivity index (χ4n) is 0.999. The van der Waals surface area contributed by atoms with Crippen molar-refractivity contribution in [1.29, 1.82) is 0 Å². The van der Waals surface area contributed by atoms with Crippen molar-refractivity contribution in [3.63, 3.8) is 0 Å². The molecule has 1 heterocycles. The Morgan fingerprint density at radius 1 is 1.62 bits per heavy atom. The Hall–Kier alpha value is -1.67. The lowest BCUT2D eigenvalue weighted by Crippen LogP contribution is -2.43.